The van der Waals surface area contributed by atoms with Gasteiger partial charge in [0.1, 0.15) is 0 Å². The summed E-state index contributed by atoms with van der Waals surface area (Å²) >= 11 is 0. The number of fused-ring (bicyclic) bond motifs is 1. The molecule has 2 fully saturated rings. The first-order valence-corrected chi connectivity index (χ1v) is 14.9. The van der Waals surface area contributed by atoms with Gasteiger partial charge in [-0.15, -0.1) is 0 Å². The van der Waals surface area contributed by atoms with E-state index in [1.165, 1.54) is 12.8 Å². The van der Waals surface area contributed by atoms with Crippen LogP contribution in [-0.2, 0) is 17.9 Å². The standard InChI is InChI=1S/C33H38N6O3/c1-20-14-21(2)37-33(42)27(20)17-35-32(41)26-15-24(16-30-28(26)18-36-39(30)25-6-3-4-7-25)23-11-9-22(10-12-23)19-38-13-5-8-29(38)31(34)40/h9-12,14-16,18,25,29H,3-8,13,17,19H2,1-2H3,(H2,34,40)(H,35,41)(H,37,42). The van der Waals surface area contributed by atoms with Crippen molar-refractivity contribution in [2.75, 3.05) is 6.54 Å². The third kappa shape index (κ3) is 5.48. The van der Waals surface area contributed by atoms with Crippen molar-refractivity contribution in [1.29, 1.82) is 0 Å². The number of nitrogens with two attached hydrogens (primary N) is 1. The fourth-order valence-electron chi connectivity index (χ4n) is 6.68. The Morgan fingerprint density at radius 2 is 1.79 bits per heavy atom. The number of aromatic amines is 1. The Morgan fingerprint density at radius 1 is 1.02 bits per heavy atom. The highest BCUT2D eigenvalue weighted by Crippen LogP contribution is 2.35. The van der Waals surface area contributed by atoms with Crippen LogP contribution in [0.2, 0.25) is 0 Å². The third-order valence-corrected chi connectivity index (χ3v) is 8.92. The second-order valence-electron chi connectivity index (χ2n) is 11.8. The van der Waals surface area contributed by atoms with Gasteiger partial charge in [-0.25, -0.2) is 0 Å². The summed E-state index contributed by atoms with van der Waals surface area (Å²) in [5, 5.41) is 8.54. The number of benzene rings is 2. The van der Waals surface area contributed by atoms with Crippen molar-refractivity contribution in [1.82, 2.24) is 25.0 Å². The molecule has 1 aliphatic carbocycles. The number of amides is 2. The first-order chi connectivity index (χ1) is 20.3. The summed E-state index contributed by atoms with van der Waals surface area (Å²) in [7, 11) is 0. The fourth-order valence-corrected chi connectivity index (χ4v) is 6.68. The summed E-state index contributed by atoms with van der Waals surface area (Å²) in [6, 6.07) is 14.4. The molecule has 1 saturated carbocycles. The van der Waals surface area contributed by atoms with Gasteiger partial charge in [-0.3, -0.25) is 24.0 Å². The molecule has 2 amide bonds. The van der Waals surface area contributed by atoms with Gasteiger partial charge in [0.25, 0.3) is 11.5 Å². The van der Waals surface area contributed by atoms with E-state index < -0.39 is 0 Å². The van der Waals surface area contributed by atoms with Gasteiger partial charge in [-0.1, -0.05) is 37.1 Å². The Kier molecular flexibility index (Phi) is 7.68. The molecule has 1 unspecified atom stereocenters. The van der Waals surface area contributed by atoms with Crippen molar-refractivity contribution in [3.8, 4) is 11.1 Å². The number of hydrogen-bond donors (Lipinski definition) is 3. The molecule has 0 radical (unpaired) electrons. The molecule has 1 saturated heterocycles. The van der Waals surface area contributed by atoms with E-state index in [1.807, 2.05) is 26.0 Å². The monoisotopic (exact) mass is 566 g/mol. The van der Waals surface area contributed by atoms with E-state index >= 15 is 0 Å². The minimum absolute atomic E-state index is 0.139. The SMILES string of the molecule is Cc1cc(C)c(CNC(=O)c2cc(-c3ccc(CN4CCCC4C(N)=O)cc3)cc3c2cnn3C2CCCC2)c(=O)[nH]1. The van der Waals surface area contributed by atoms with E-state index in [0.29, 0.717) is 23.7 Å². The van der Waals surface area contributed by atoms with Gasteiger partial charge in [0.05, 0.1) is 29.4 Å². The maximum atomic E-state index is 13.7. The molecule has 4 aromatic rings. The molecule has 1 aliphatic heterocycles. The van der Waals surface area contributed by atoms with Gasteiger partial charge in [-0.05, 0) is 86.5 Å². The highest BCUT2D eigenvalue weighted by atomic mass is 16.2. The lowest BCUT2D eigenvalue weighted by atomic mass is 9.98. The highest BCUT2D eigenvalue weighted by Gasteiger charge is 2.29. The molecule has 6 rings (SSSR count). The molecule has 2 aromatic heterocycles. The molecule has 42 heavy (non-hydrogen) atoms. The predicted molar refractivity (Wildman–Crippen MR) is 163 cm³/mol. The van der Waals surface area contributed by atoms with Gasteiger partial charge < -0.3 is 16.0 Å². The van der Waals surface area contributed by atoms with Crippen molar-refractivity contribution in [2.45, 2.75) is 77.5 Å². The van der Waals surface area contributed by atoms with Crippen LogP contribution in [0.4, 0.5) is 0 Å². The van der Waals surface area contributed by atoms with Crippen LogP contribution >= 0.6 is 0 Å². The topological polar surface area (TPSA) is 126 Å². The Balaban J connectivity index is 1.32. The summed E-state index contributed by atoms with van der Waals surface area (Å²) in [4.78, 5) is 43.0. The molecular formula is C33H38N6O3. The zero-order chi connectivity index (χ0) is 29.4. The number of aromatic nitrogens is 3. The van der Waals surface area contributed by atoms with Crippen LogP contribution in [0.5, 0.6) is 0 Å². The van der Waals surface area contributed by atoms with E-state index in [1.54, 1.807) is 6.20 Å². The summed E-state index contributed by atoms with van der Waals surface area (Å²) in [6.45, 7) is 5.41. The first kappa shape index (κ1) is 27.9. The fraction of sp³-hybridized carbons (Fsp3) is 0.394. The van der Waals surface area contributed by atoms with Gasteiger partial charge in [0.2, 0.25) is 5.91 Å². The lowest BCUT2D eigenvalue weighted by molar-refractivity contribution is -0.122. The number of pyridine rings is 1. The number of carbonyl (C=O) groups excluding carboxylic acids is 2. The lowest BCUT2D eigenvalue weighted by Crippen LogP contribution is -2.39. The minimum Gasteiger partial charge on any atom is -0.368 e. The number of H-pyrrole nitrogens is 1. The summed E-state index contributed by atoms with van der Waals surface area (Å²) in [5.74, 6) is -0.500. The number of aryl methyl sites for hydroxylation is 2. The number of nitrogens with one attached hydrogen (secondary N) is 2. The molecule has 2 aromatic carbocycles. The van der Waals surface area contributed by atoms with Crippen LogP contribution in [0.1, 0.15) is 77.3 Å². The number of primary amides is 1. The van der Waals surface area contributed by atoms with Gasteiger partial charge in [0, 0.05) is 29.7 Å². The highest BCUT2D eigenvalue weighted by molar-refractivity contribution is 6.08. The summed E-state index contributed by atoms with van der Waals surface area (Å²) in [6.07, 6.45) is 8.10. The second kappa shape index (κ2) is 11.6. The van der Waals surface area contributed by atoms with Crippen molar-refractivity contribution in [3.05, 3.63) is 87.0 Å². The van der Waals surface area contributed by atoms with Crippen molar-refractivity contribution >= 4 is 22.7 Å². The number of hydrogen-bond acceptors (Lipinski definition) is 5. The normalized spacial score (nSPS) is 17.7. The van der Waals surface area contributed by atoms with Crippen LogP contribution in [0.3, 0.4) is 0 Å². The number of nitrogens with zero attached hydrogens (tertiary/aromatic N) is 3. The van der Waals surface area contributed by atoms with Crippen molar-refractivity contribution in [3.63, 3.8) is 0 Å². The Morgan fingerprint density at radius 3 is 2.50 bits per heavy atom. The molecule has 3 heterocycles. The number of likely N-dealkylation sites (tertiary alicyclic amines) is 1. The quantitative estimate of drug-likeness (QED) is 0.290. The van der Waals surface area contributed by atoms with Crippen LogP contribution in [0, 0.1) is 13.8 Å². The molecule has 218 valence electrons. The van der Waals surface area contributed by atoms with Crippen LogP contribution in [0.25, 0.3) is 22.0 Å². The summed E-state index contributed by atoms with van der Waals surface area (Å²) in [5.41, 5.74) is 12.1. The van der Waals surface area contributed by atoms with E-state index in [9.17, 15) is 14.4 Å². The molecule has 9 nitrogen and oxygen atoms in total. The van der Waals surface area contributed by atoms with Crippen LogP contribution in [-0.4, -0.2) is 44.1 Å². The maximum absolute atomic E-state index is 13.7. The van der Waals surface area contributed by atoms with Crippen LogP contribution < -0.4 is 16.6 Å². The molecular weight excluding hydrogens is 528 g/mol. The first-order valence-electron chi connectivity index (χ1n) is 14.9. The zero-order valence-corrected chi connectivity index (χ0v) is 24.3. The van der Waals surface area contributed by atoms with E-state index in [0.717, 1.165) is 71.1 Å². The largest absolute Gasteiger partial charge is 0.368 e. The average Bonchev–Trinajstić information content (AvgIpc) is 3.73. The minimum atomic E-state index is -0.260. The molecule has 9 heteroatoms. The molecule has 4 N–H and O–H groups in total. The molecule has 0 spiro atoms. The van der Waals surface area contributed by atoms with Crippen molar-refractivity contribution in [2.24, 2.45) is 5.73 Å². The van der Waals surface area contributed by atoms with Crippen LogP contribution in [0.15, 0.2) is 53.5 Å². The zero-order valence-electron chi connectivity index (χ0n) is 24.3. The molecule has 2 aliphatic rings. The molecule has 0 bridgehead atoms. The summed E-state index contributed by atoms with van der Waals surface area (Å²) < 4.78 is 2.09. The maximum Gasteiger partial charge on any atom is 0.253 e. The number of rotatable bonds is 8. The number of carbonyl (C=O) groups is 2. The smallest absolute Gasteiger partial charge is 0.253 e. The third-order valence-electron chi connectivity index (χ3n) is 8.92. The lowest BCUT2D eigenvalue weighted by Gasteiger charge is -2.21. The van der Waals surface area contributed by atoms with Crippen molar-refractivity contribution < 1.29 is 9.59 Å². The van der Waals surface area contributed by atoms with Gasteiger partial charge in [-0.2, -0.15) is 5.10 Å². The second-order valence-corrected chi connectivity index (χ2v) is 11.8. The van der Waals surface area contributed by atoms with Gasteiger partial charge >= 0.3 is 0 Å². The average molecular weight is 567 g/mol. The van der Waals surface area contributed by atoms with E-state index in [4.69, 9.17) is 10.8 Å². The Labute approximate surface area is 245 Å². The molecule has 1 atom stereocenters. The van der Waals surface area contributed by atoms with Gasteiger partial charge in [0.15, 0.2) is 0 Å². The Hall–Kier alpha value is -4.24. The van der Waals surface area contributed by atoms with E-state index in [2.05, 4.69) is 50.2 Å². The predicted octanol–water partition coefficient (Wildman–Crippen LogP) is 4.50. The van der Waals surface area contributed by atoms with E-state index in [-0.39, 0.29) is 30.0 Å². The Bertz CT molecular complexity index is 1700.